The lowest BCUT2D eigenvalue weighted by Gasteiger charge is -2.04. The van der Waals surface area contributed by atoms with Gasteiger partial charge in [0.15, 0.2) is 12.4 Å². The van der Waals surface area contributed by atoms with Crippen molar-refractivity contribution in [3.63, 3.8) is 0 Å². The number of hydrogen-bond donors (Lipinski definition) is 0. The number of rotatable bonds is 4. The van der Waals surface area contributed by atoms with Gasteiger partial charge in [-0.3, -0.25) is 0 Å². The molecule has 2 aromatic rings. The Bertz CT molecular complexity index is 694. The molecule has 0 radical (unpaired) electrons. The van der Waals surface area contributed by atoms with Crippen molar-refractivity contribution in [3.8, 4) is 6.07 Å². The molecule has 6 nitrogen and oxygen atoms in total. The van der Waals surface area contributed by atoms with Crippen molar-refractivity contribution in [3.05, 3.63) is 59.0 Å². The van der Waals surface area contributed by atoms with Crippen molar-refractivity contribution < 1.29 is 23.5 Å². The van der Waals surface area contributed by atoms with Gasteiger partial charge in [-0.2, -0.15) is 5.26 Å². The van der Waals surface area contributed by atoms with Crippen molar-refractivity contribution in [1.82, 2.24) is 0 Å². The standard InChI is InChI=1S/C15H11NO5/c1-19-15(18)12-6-7-20-13(12)9-21-14(17)11-4-2-10(8-16)3-5-11/h2-7H,9H2,1H3. The first-order chi connectivity index (χ1) is 10.2. The molecule has 0 aliphatic heterocycles. The minimum atomic E-state index is -0.577. The maximum Gasteiger partial charge on any atom is 0.341 e. The highest BCUT2D eigenvalue weighted by molar-refractivity contribution is 5.91. The normalized spacial score (nSPS) is 9.71. The number of methoxy groups -OCH3 is 1. The number of esters is 2. The summed E-state index contributed by atoms with van der Waals surface area (Å²) in [5, 5.41) is 8.68. The van der Waals surface area contributed by atoms with Gasteiger partial charge in [0, 0.05) is 0 Å². The van der Waals surface area contributed by atoms with Crippen LogP contribution < -0.4 is 0 Å². The van der Waals surface area contributed by atoms with Gasteiger partial charge in [-0.05, 0) is 30.3 Å². The summed E-state index contributed by atoms with van der Waals surface area (Å²) < 4.78 is 14.7. The molecule has 1 heterocycles. The number of carbonyl (C=O) groups is 2. The number of furan rings is 1. The Morgan fingerprint density at radius 1 is 1.19 bits per heavy atom. The lowest BCUT2D eigenvalue weighted by atomic mass is 10.1. The molecule has 0 bridgehead atoms. The smallest absolute Gasteiger partial charge is 0.341 e. The Kier molecular flexibility index (Phi) is 4.36. The molecule has 0 atom stereocenters. The monoisotopic (exact) mass is 285 g/mol. The van der Waals surface area contributed by atoms with Crippen LogP contribution in [0.1, 0.15) is 32.0 Å². The number of ether oxygens (including phenoxy) is 2. The first-order valence-corrected chi connectivity index (χ1v) is 5.97. The zero-order chi connectivity index (χ0) is 15.2. The maximum absolute atomic E-state index is 11.8. The number of benzene rings is 1. The van der Waals surface area contributed by atoms with E-state index in [1.807, 2.05) is 6.07 Å². The van der Waals surface area contributed by atoms with Crippen LogP contribution in [-0.4, -0.2) is 19.0 Å². The quantitative estimate of drug-likeness (QED) is 0.801. The van der Waals surface area contributed by atoms with Crippen LogP contribution in [0.2, 0.25) is 0 Å². The number of carbonyl (C=O) groups excluding carboxylic acids is 2. The highest BCUT2D eigenvalue weighted by atomic mass is 16.5. The van der Waals surface area contributed by atoms with E-state index in [-0.39, 0.29) is 17.9 Å². The second kappa shape index (κ2) is 6.39. The predicted octanol–water partition coefficient (Wildman–Crippen LogP) is 2.29. The molecule has 6 heteroatoms. The third kappa shape index (κ3) is 3.28. The second-order valence-corrected chi connectivity index (χ2v) is 4.01. The Labute approximate surface area is 120 Å². The molecular formula is C15H11NO5. The van der Waals surface area contributed by atoms with Gasteiger partial charge in [-0.1, -0.05) is 0 Å². The minimum Gasteiger partial charge on any atom is -0.465 e. The molecular weight excluding hydrogens is 274 g/mol. The van der Waals surface area contributed by atoms with Gasteiger partial charge in [0.05, 0.1) is 30.6 Å². The molecule has 0 saturated heterocycles. The molecule has 1 aromatic carbocycles. The summed E-state index contributed by atoms with van der Waals surface area (Å²) in [6.45, 7) is -0.184. The SMILES string of the molecule is COC(=O)c1ccoc1COC(=O)c1ccc(C#N)cc1. The molecule has 0 spiro atoms. The molecule has 0 aliphatic carbocycles. The van der Waals surface area contributed by atoms with E-state index in [1.54, 1.807) is 0 Å². The van der Waals surface area contributed by atoms with Crippen molar-refractivity contribution in [2.75, 3.05) is 7.11 Å². The number of hydrogen-bond acceptors (Lipinski definition) is 6. The molecule has 0 unspecified atom stereocenters. The van der Waals surface area contributed by atoms with E-state index in [9.17, 15) is 9.59 Å². The van der Waals surface area contributed by atoms with Crippen LogP contribution in [0.25, 0.3) is 0 Å². The molecule has 0 N–H and O–H groups in total. The summed E-state index contributed by atoms with van der Waals surface area (Å²) in [6.07, 6.45) is 1.32. The van der Waals surface area contributed by atoms with Gasteiger partial charge in [0.25, 0.3) is 0 Å². The lowest BCUT2D eigenvalue weighted by molar-refractivity contribution is 0.0432. The Morgan fingerprint density at radius 2 is 1.90 bits per heavy atom. The van der Waals surface area contributed by atoms with Crippen LogP contribution in [0.3, 0.4) is 0 Å². The summed E-state index contributed by atoms with van der Waals surface area (Å²) in [6, 6.07) is 9.41. The van der Waals surface area contributed by atoms with E-state index >= 15 is 0 Å². The van der Waals surface area contributed by atoms with Crippen LogP contribution in [0, 0.1) is 11.3 Å². The largest absolute Gasteiger partial charge is 0.465 e. The molecule has 0 fully saturated rings. The fraction of sp³-hybridized carbons (Fsp3) is 0.133. The summed E-state index contributed by atoms with van der Waals surface area (Å²) in [5.41, 5.74) is 0.968. The van der Waals surface area contributed by atoms with Gasteiger partial charge < -0.3 is 13.9 Å². The van der Waals surface area contributed by atoms with Crippen LogP contribution in [-0.2, 0) is 16.1 Å². The van der Waals surface area contributed by atoms with Crippen LogP contribution in [0.15, 0.2) is 41.0 Å². The Balaban J connectivity index is 2.03. The Morgan fingerprint density at radius 3 is 2.52 bits per heavy atom. The van der Waals surface area contributed by atoms with E-state index < -0.39 is 11.9 Å². The van der Waals surface area contributed by atoms with E-state index in [2.05, 4.69) is 4.74 Å². The van der Waals surface area contributed by atoms with Gasteiger partial charge in [0.1, 0.15) is 5.56 Å². The third-order valence-electron chi connectivity index (χ3n) is 2.73. The van der Waals surface area contributed by atoms with Gasteiger partial charge >= 0.3 is 11.9 Å². The summed E-state index contributed by atoms with van der Waals surface area (Å²) in [5.74, 6) is -0.927. The summed E-state index contributed by atoms with van der Waals surface area (Å²) in [7, 11) is 1.25. The third-order valence-corrected chi connectivity index (χ3v) is 2.73. The fourth-order valence-electron chi connectivity index (χ4n) is 1.64. The summed E-state index contributed by atoms with van der Waals surface area (Å²) >= 11 is 0. The molecule has 21 heavy (non-hydrogen) atoms. The Hall–Kier alpha value is -3.07. The topological polar surface area (TPSA) is 89.5 Å². The first kappa shape index (κ1) is 14.3. The zero-order valence-corrected chi connectivity index (χ0v) is 11.2. The highest BCUT2D eigenvalue weighted by Gasteiger charge is 2.17. The maximum atomic E-state index is 11.8. The number of nitrogens with zero attached hydrogens (tertiary/aromatic N) is 1. The summed E-state index contributed by atoms with van der Waals surface area (Å²) in [4.78, 5) is 23.3. The van der Waals surface area contributed by atoms with Crippen LogP contribution in [0.5, 0.6) is 0 Å². The molecule has 106 valence electrons. The predicted molar refractivity (Wildman–Crippen MR) is 70.3 cm³/mol. The minimum absolute atomic E-state index is 0.184. The van der Waals surface area contributed by atoms with E-state index in [1.165, 1.54) is 43.7 Å². The molecule has 2 rings (SSSR count). The van der Waals surface area contributed by atoms with Crippen molar-refractivity contribution >= 4 is 11.9 Å². The molecule has 1 aromatic heterocycles. The van der Waals surface area contributed by atoms with Gasteiger partial charge in [0.2, 0.25) is 0 Å². The number of nitriles is 1. The molecule has 0 aliphatic rings. The molecule has 0 saturated carbocycles. The second-order valence-electron chi connectivity index (χ2n) is 4.01. The first-order valence-electron chi connectivity index (χ1n) is 5.97. The van der Waals surface area contributed by atoms with Crippen molar-refractivity contribution in [2.24, 2.45) is 0 Å². The van der Waals surface area contributed by atoms with Gasteiger partial charge in [-0.25, -0.2) is 9.59 Å². The van der Waals surface area contributed by atoms with E-state index in [0.29, 0.717) is 11.1 Å². The van der Waals surface area contributed by atoms with Gasteiger partial charge in [-0.15, -0.1) is 0 Å². The van der Waals surface area contributed by atoms with Crippen LogP contribution >= 0.6 is 0 Å². The fourth-order valence-corrected chi connectivity index (χ4v) is 1.64. The average molecular weight is 285 g/mol. The van der Waals surface area contributed by atoms with E-state index in [0.717, 1.165) is 0 Å². The van der Waals surface area contributed by atoms with Crippen molar-refractivity contribution in [2.45, 2.75) is 6.61 Å². The van der Waals surface area contributed by atoms with Crippen molar-refractivity contribution in [1.29, 1.82) is 5.26 Å². The lowest BCUT2D eigenvalue weighted by Crippen LogP contribution is -2.08. The average Bonchev–Trinajstić information content (AvgIpc) is 3.00. The zero-order valence-electron chi connectivity index (χ0n) is 11.2. The van der Waals surface area contributed by atoms with E-state index in [4.69, 9.17) is 14.4 Å². The highest BCUT2D eigenvalue weighted by Crippen LogP contribution is 2.14. The molecule has 0 amide bonds. The van der Waals surface area contributed by atoms with Crippen LogP contribution in [0.4, 0.5) is 0 Å².